The minimum atomic E-state index is -1.51. The van der Waals surface area contributed by atoms with E-state index in [2.05, 4.69) is 15.2 Å². The van der Waals surface area contributed by atoms with Crippen LogP contribution in [-0.4, -0.2) is 27.1 Å². The van der Waals surface area contributed by atoms with Gasteiger partial charge >= 0.3 is 12.2 Å². The van der Waals surface area contributed by atoms with Crippen LogP contribution >= 0.6 is 0 Å². The lowest BCUT2D eigenvalue weighted by Crippen LogP contribution is -2.35. The zero-order chi connectivity index (χ0) is 19.6. The van der Waals surface area contributed by atoms with Gasteiger partial charge in [-0.05, 0) is 42.2 Å². The third kappa shape index (κ3) is 3.55. The van der Waals surface area contributed by atoms with Gasteiger partial charge in [0, 0.05) is 6.54 Å². The van der Waals surface area contributed by atoms with Gasteiger partial charge in [0.1, 0.15) is 5.52 Å². The summed E-state index contributed by atoms with van der Waals surface area (Å²) in [6.07, 6.45) is -0.679. The fraction of sp³-hybridized carbons (Fsp3) is 0.211. The van der Waals surface area contributed by atoms with Gasteiger partial charge in [-0.25, -0.2) is 9.59 Å². The molecule has 0 saturated carbocycles. The summed E-state index contributed by atoms with van der Waals surface area (Å²) in [5.74, 6) is -0.0455. The Morgan fingerprint density at radius 1 is 1.22 bits per heavy atom. The van der Waals surface area contributed by atoms with Crippen molar-refractivity contribution in [3.63, 3.8) is 0 Å². The van der Waals surface area contributed by atoms with Crippen LogP contribution in [0.3, 0.4) is 0 Å². The van der Waals surface area contributed by atoms with Gasteiger partial charge in [0.2, 0.25) is 0 Å². The van der Waals surface area contributed by atoms with Crippen molar-refractivity contribution in [2.45, 2.75) is 26.8 Å². The molecule has 0 aliphatic heterocycles. The van der Waals surface area contributed by atoms with Gasteiger partial charge in [0.25, 0.3) is 5.56 Å². The molecule has 8 nitrogen and oxygen atoms in total. The Labute approximate surface area is 154 Å². The van der Waals surface area contributed by atoms with E-state index < -0.39 is 17.7 Å². The molecule has 0 atom stereocenters. The van der Waals surface area contributed by atoms with Crippen molar-refractivity contribution in [3.05, 3.63) is 63.4 Å². The van der Waals surface area contributed by atoms with E-state index in [-0.39, 0.29) is 23.2 Å². The highest BCUT2D eigenvalue weighted by Crippen LogP contribution is 2.21. The first kappa shape index (κ1) is 18.2. The quantitative estimate of drug-likeness (QED) is 0.483. The number of aromatic amines is 1. The predicted octanol–water partition coefficient (Wildman–Crippen LogP) is 3.02. The molecule has 0 unspecified atom stereocenters. The van der Waals surface area contributed by atoms with Crippen molar-refractivity contribution < 1.29 is 19.4 Å². The Kier molecular flexibility index (Phi) is 4.98. The first-order valence-electron chi connectivity index (χ1n) is 8.42. The number of carboxylic acid groups (broad SMARTS) is 1. The normalized spacial score (nSPS) is 10.7. The third-order valence-electron chi connectivity index (χ3n) is 4.39. The second-order valence-electron chi connectivity index (χ2n) is 6.02. The number of amides is 1. The van der Waals surface area contributed by atoms with Gasteiger partial charge in [-0.3, -0.25) is 9.89 Å². The van der Waals surface area contributed by atoms with Gasteiger partial charge in [-0.15, -0.1) is 0 Å². The zero-order valence-corrected chi connectivity index (χ0v) is 14.9. The van der Waals surface area contributed by atoms with Crippen molar-refractivity contribution in [3.8, 4) is 5.75 Å². The second-order valence-corrected chi connectivity index (χ2v) is 6.02. The van der Waals surface area contributed by atoms with Gasteiger partial charge in [-0.1, -0.05) is 31.2 Å². The molecule has 3 N–H and O–H groups in total. The highest BCUT2D eigenvalue weighted by atomic mass is 16.7. The molecular formula is C19H19N3O5. The fourth-order valence-electron chi connectivity index (χ4n) is 3.02. The van der Waals surface area contributed by atoms with Crippen LogP contribution in [0.4, 0.5) is 9.59 Å². The van der Waals surface area contributed by atoms with Crippen LogP contribution in [0.15, 0.2) is 41.2 Å². The molecule has 3 rings (SSSR count). The standard InChI is InChI=1S/C19H19N3O5/c1-3-12-7-4-6-11(2)14(12)10-20-18(24)22-17(23)13-8-5-9-15(16(13)21-22)27-19(25)26/h4-9,21H,3,10H2,1-2H3,(H,20,24)(H,25,26). The summed E-state index contributed by atoms with van der Waals surface area (Å²) in [4.78, 5) is 35.8. The minimum Gasteiger partial charge on any atom is -0.449 e. The predicted molar refractivity (Wildman–Crippen MR) is 99.4 cm³/mol. The SMILES string of the molecule is CCc1cccc(C)c1CNC(=O)n1[nH]c2c(OC(=O)O)cccc2c1=O. The second kappa shape index (κ2) is 7.36. The molecule has 2 aromatic carbocycles. The van der Waals surface area contributed by atoms with E-state index in [1.807, 2.05) is 32.0 Å². The molecule has 1 heterocycles. The Bertz CT molecular complexity index is 1080. The van der Waals surface area contributed by atoms with Gasteiger partial charge in [0.05, 0.1) is 5.39 Å². The number of H-pyrrole nitrogens is 1. The van der Waals surface area contributed by atoms with Gasteiger partial charge in [-0.2, -0.15) is 4.68 Å². The Hall–Kier alpha value is -3.55. The molecule has 0 aliphatic rings. The number of benzene rings is 2. The number of fused-ring (bicyclic) bond motifs is 1. The summed E-state index contributed by atoms with van der Waals surface area (Å²) in [6.45, 7) is 4.27. The number of carbonyl (C=O) groups is 2. The maximum absolute atomic E-state index is 12.5. The topological polar surface area (TPSA) is 113 Å². The fourth-order valence-corrected chi connectivity index (χ4v) is 3.02. The van der Waals surface area contributed by atoms with Crippen LogP contribution in [0.5, 0.6) is 5.75 Å². The number of aromatic nitrogens is 2. The molecule has 3 aromatic rings. The molecule has 0 fully saturated rings. The summed E-state index contributed by atoms with van der Waals surface area (Å²) < 4.78 is 5.46. The van der Waals surface area contributed by atoms with Gasteiger partial charge < -0.3 is 15.2 Å². The lowest BCUT2D eigenvalue weighted by Gasteiger charge is -2.12. The maximum atomic E-state index is 12.5. The van der Waals surface area contributed by atoms with Crippen molar-refractivity contribution >= 4 is 23.1 Å². The monoisotopic (exact) mass is 369 g/mol. The Balaban J connectivity index is 1.90. The van der Waals surface area contributed by atoms with Crippen molar-refractivity contribution in [2.75, 3.05) is 0 Å². The largest absolute Gasteiger partial charge is 0.511 e. The number of ether oxygens (including phenoxy) is 1. The molecule has 1 aromatic heterocycles. The summed E-state index contributed by atoms with van der Waals surface area (Å²) in [6, 6.07) is 9.66. The van der Waals surface area contributed by atoms with E-state index in [1.54, 1.807) is 0 Å². The molecular weight excluding hydrogens is 350 g/mol. The lowest BCUT2D eigenvalue weighted by atomic mass is 10.0. The molecule has 0 radical (unpaired) electrons. The van der Waals surface area contributed by atoms with Crippen LogP contribution < -0.4 is 15.6 Å². The molecule has 8 heteroatoms. The number of aryl methyl sites for hydroxylation is 2. The van der Waals surface area contributed by atoms with E-state index in [4.69, 9.17) is 5.11 Å². The smallest absolute Gasteiger partial charge is 0.449 e. The van der Waals surface area contributed by atoms with E-state index >= 15 is 0 Å². The average molecular weight is 369 g/mol. The number of hydrogen-bond acceptors (Lipinski definition) is 4. The summed E-state index contributed by atoms with van der Waals surface area (Å²) in [7, 11) is 0. The van der Waals surface area contributed by atoms with Crippen LogP contribution in [0.2, 0.25) is 0 Å². The minimum absolute atomic E-state index is 0.0455. The summed E-state index contributed by atoms with van der Waals surface area (Å²) in [5, 5.41) is 14.3. The number of carbonyl (C=O) groups excluding carboxylic acids is 1. The maximum Gasteiger partial charge on any atom is 0.511 e. The van der Waals surface area contributed by atoms with E-state index in [1.165, 1.54) is 18.2 Å². The van der Waals surface area contributed by atoms with Crippen molar-refractivity contribution in [2.24, 2.45) is 0 Å². The number of nitrogens with zero attached hydrogens (tertiary/aromatic N) is 1. The number of hydrogen-bond donors (Lipinski definition) is 3. The van der Waals surface area contributed by atoms with Crippen LogP contribution in [-0.2, 0) is 13.0 Å². The molecule has 0 spiro atoms. The van der Waals surface area contributed by atoms with E-state index in [0.29, 0.717) is 0 Å². The number of para-hydroxylation sites is 1. The summed E-state index contributed by atoms with van der Waals surface area (Å²) >= 11 is 0. The molecule has 27 heavy (non-hydrogen) atoms. The number of nitrogens with one attached hydrogen (secondary N) is 2. The highest BCUT2D eigenvalue weighted by molar-refractivity contribution is 5.89. The van der Waals surface area contributed by atoms with Crippen LogP contribution in [0, 0.1) is 6.92 Å². The lowest BCUT2D eigenvalue weighted by molar-refractivity contribution is 0.145. The van der Waals surface area contributed by atoms with Crippen LogP contribution in [0.1, 0.15) is 23.6 Å². The average Bonchev–Trinajstić information content (AvgIpc) is 2.98. The first-order chi connectivity index (χ1) is 12.9. The molecule has 0 aliphatic carbocycles. The molecule has 1 amide bonds. The first-order valence-corrected chi connectivity index (χ1v) is 8.42. The van der Waals surface area contributed by atoms with E-state index in [0.717, 1.165) is 27.8 Å². The summed E-state index contributed by atoms with van der Waals surface area (Å²) in [5.41, 5.74) is 2.74. The van der Waals surface area contributed by atoms with E-state index in [9.17, 15) is 14.4 Å². The van der Waals surface area contributed by atoms with Crippen molar-refractivity contribution in [1.82, 2.24) is 15.1 Å². The molecule has 0 bridgehead atoms. The van der Waals surface area contributed by atoms with Crippen LogP contribution in [0.25, 0.3) is 10.9 Å². The Morgan fingerprint density at radius 3 is 2.67 bits per heavy atom. The zero-order valence-electron chi connectivity index (χ0n) is 14.9. The van der Waals surface area contributed by atoms with Gasteiger partial charge in [0.15, 0.2) is 5.75 Å². The van der Waals surface area contributed by atoms with Crippen molar-refractivity contribution in [1.29, 1.82) is 0 Å². The Morgan fingerprint density at radius 2 is 1.96 bits per heavy atom. The molecule has 0 saturated heterocycles. The third-order valence-corrected chi connectivity index (χ3v) is 4.39. The molecule has 140 valence electrons. The highest BCUT2D eigenvalue weighted by Gasteiger charge is 2.17. The number of rotatable bonds is 4.